The molecule has 0 aliphatic carbocycles. The quantitative estimate of drug-likeness (QED) is 0.843. The minimum absolute atomic E-state index is 0.0319. The molecule has 2 rings (SSSR count). The Morgan fingerprint density at radius 1 is 1.27 bits per heavy atom. The molecule has 0 radical (unpaired) electrons. The van der Waals surface area contributed by atoms with E-state index >= 15 is 0 Å². The lowest BCUT2D eigenvalue weighted by Gasteiger charge is -2.11. The number of carbonyl (C=O) groups excluding carboxylic acids is 1. The molecule has 2 aromatic rings. The van der Waals surface area contributed by atoms with Crippen LogP contribution in [0.1, 0.15) is 38.0 Å². The Morgan fingerprint density at radius 2 is 2.05 bits per heavy atom. The van der Waals surface area contributed by atoms with Crippen molar-refractivity contribution in [2.75, 3.05) is 5.32 Å². The van der Waals surface area contributed by atoms with E-state index in [1.165, 1.54) is 0 Å². The monoisotopic (exact) mass is 301 g/mol. The van der Waals surface area contributed by atoms with E-state index in [4.69, 9.17) is 9.52 Å². The number of rotatable bonds is 6. The van der Waals surface area contributed by atoms with E-state index in [0.29, 0.717) is 23.9 Å². The van der Waals surface area contributed by atoms with Gasteiger partial charge in [0.25, 0.3) is 0 Å². The van der Waals surface area contributed by atoms with Crippen LogP contribution in [0.4, 0.5) is 5.69 Å². The van der Waals surface area contributed by atoms with Crippen LogP contribution in [0.15, 0.2) is 34.7 Å². The zero-order valence-electron chi connectivity index (χ0n) is 13.3. The molecular weight excluding hydrogens is 278 g/mol. The van der Waals surface area contributed by atoms with Gasteiger partial charge in [0.1, 0.15) is 18.1 Å². The predicted molar refractivity (Wildman–Crippen MR) is 87.5 cm³/mol. The number of benzene rings is 1. The number of anilines is 1. The molecule has 22 heavy (non-hydrogen) atoms. The highest BCUT2D eigenvalue weighted by Gasteiger charge is 2.10. The molecule has 4 heteroatoms. The number of aliphatic hydroxyl groups excluding tert-OH is 1. The van der Waals surface area contributed by atoms with Gasteiger partial charge in [-0.25, -0.2) is 0 Å². The topological polar surface area (TPSA) is 62.5 Å². The number of amides is 1. The summed E-state index contributed by atoms with van der Waals surface area (Å²) in [6, 6.07) is 9.37. The summed E-state index contributed by atoms with van der Waals surface area (Å²) in [5, 5.41) is 12.0. The highest BCUT2D eigenvalue weighted by Crippen LogP contribution is 2.27. The maximum absolute atomic E-state index is 12.0. The smallest absolute Gasteiger partial charge is 0.224 e. The third-order valence-electron chi connectivity index (χ3n) is 3.56. The van der Waals surface area contributed by atoms with Gasteiger partial charge in [-0.05, 0) is 43.0 Å². The van der Waals surface area contributed by atoms with Gasteiger partial charge in [0.2, 0.25) is 5.91 Å². The molecule has 0 spiro atoms. The second-order valence-corrected chi connectivity index (χ2v) is 5.93. The van der Waals surface area contributed by atoms with Crippen LogP contribution in [0.5, 0.6) is 0 Å². The Labute approximate surface area is 131 Å². The number of nitrogens with one attached hydrogen (secondary N) is 1. The van der Waals surface area contributed by atoms with Gasteiger partial charge >= 0.3 is 0 Å². The van der Waals surface area contributed by atoms with Crippen molar-refractivity contribution in [3.8, 4) is 11.3 Å². The van der Waals surface area contributed by atoms with Gasteiger partial charge in [-0.1, -0.05) is 26.0 Å². The van der Waals surface area contributed by atoms with Gasteiger partial charge in [0, 0.05) is 17.7 Å². The lowest BCUT2D eigenvalue weighted by atomic mass is 10.1. The highest BCUT2D eigenvalue weighted by atomic mass is 16.4. The molecule has 118 valence electrons. The van der Waals surface area contributed by atoms with Crippen molar-refractivity contribution in [3.05, 3.63) is 41.7 Å². The Bertz CT molecular complexity index is 644. The maximum Gasteiger partial charge on any atom is 0.224 e. The van der Waals surface area contributed by atoms with Crippen molar-refractivity contribution in [1.29, 1.82) is 0 Å². The first kappa shape index (κ1) is 16.3. The summed E-state index contributed by atoms with van der Waals surface area (Å²) in [6.45, 7) is 6.05. The Balaban J connectivity index is 2.14. The van der Waals surface area contributed by atoms with Gasteiger partial charge in [0.15, 0.2) is 0 Å². The van der Waals surface area contributed by atoms with E-state index in [2.05, 4.69) is 19.2 Å². The molecule has 0 bridgehead atoms. The molecule has 0 saturated carbocycles. The number of carbonyl (C=O) groups is 1. The highest BCUT2D eigenvalue weighted by molar-refractivity contribution is 5.92. The Hall–Kier alpha value is -2.07. The molecule has 1 aromatic heterocycles. The summed E-state index contributed by atoms with van der Waals surface area (Å²) in [5.41, 5.74) is 2.69. The number of furan rings is 1. The molecule has 2 N–H and O–H groups in total. The molecular formula is C18H23NO3. The molecule has 0 aliphatic rings. The van der Waals surface area contributed by atoms with Crippen molar-refractivity contribution in [2.24, 2.45) is 5.92 Å². The minimum atomic E-state index is -0.120. The van der Waals surface area contributed by atoms with Gasteiger partial charge in [-0.2, -0.15) is 0 Å². The Morgan fingerprint density at radius 3 is 2.68 bits per heavy atom. The summed E-state index contributed by atoms with van der Waals surface area (Å²) in [5.74, 6) is 1.75. The first-order chi connectivity index (χ1) is 10.5. The van der Waals surface area contributed by atoms with Crippen LogP contribution in [0.2, 0.25) is 0 Å². The average Bonchev–Trinajstić information content (AvgIpc) is 2.96. The van der Waals surface area contributed by atoms with E-state index < -0.39 is 0 Å². The van der Waals surface area contributed by atoms with E-state index in [0.717, 1.165) is 23.2 Å². The molecule has 0 unspecified atom stereocenters. The number of hydrogen-bond donors (Lipinski definition) is 2. The van der Waals surface area contributed by atoms with Gasteiger partial charge < -0.3 is 14.8 Å². The largest absolute Gasteiger partial charge is 0.459 e. The first-order valence-electron chi connectivity index (χ1n) is 7.60. The van der Waals surface area contributed by atoms with Gasteiger partial charge in [-0.3, -0.25) is 4.79 Å². The molecule has 1 amide bonds. The number of aliphatic hydroxyl groups is 1. The maximum atomic E-state index is 12.0. The second kappa shape index (κ2) is 7.27. The summed E-state index contributed by atoms with van der Waals surface area (Å²) < 4.78 is 5.53. The minimum Gasteiger partial charge on any atom is -0.459 e. The number of aryl methyl sites for hydroxylation is 1. The van der Waals surface area contributed by atoms with Crippen LogP contribution in [0, 0.1) is 12.8 Å². The summed E-state index contributed by atoms with van der Waals surface area (Å²) in [7, 11) is 0. The van der Waals surface area contributed by atoms with E-state index in [-0.39, 0.29) is 12.5 Å². The lowest BCUT2D eigenvalue weighted by Crippen LogP contribution is -2.13. The van der Waals surface area contributed by atoms with E-state index in [1.54, 1.807) is 6.07 Å². The first-order valence-corrected chi connectivity index (χ1v) is 7.60. The average molecular weight is 301 g/mol. The number of hydrogen-bond acceptors (Lipinski definition) is 3. The molecule has 1 heterocycles. The van der Waals surface area contributed by atoms with Crippen LogP contribution >= 0.6 is 0 Å². The predicted octanol–water partition coefficient (Wildman–Crippen LogP) is 4.12. The summed E-state index contributed by atoms with van der Waals surface area (Å²) >= 11 is 0. The van der Waals surface area contributed by atoms with Crippen molar-refractivity contribution >= 4 is 11.6 Å². The Kier molecular flexibility index (Phi) is 5.39. The van der Waals surface area contributed by atoms with Crippen LogP contribution < -0.4 is 5.32 Å². The summed E-state index contributed by atoms with van der Waals surface area (Å²) in [6.07, 6.45) is 1.40. The molecule has 0 saturated heterocycles. The third kappa shape index (κ3) is 4.21. The van der Waals surface area contributed by atoms with E-state index in [1.807, 2.05) is 31.2 Å². The normalized spacial score (nSPS) is 11.0. The lowest BCUT2D eigenvalue weighted by molar-refractivity contribution is -0.116. The fourth-order valence-corrected chi connectivity index (χ4v) is 2.16. The van der Waals surface area contributed by atoms with E-state index in [9.17, 15) is 4.79 Å². The van der Waals surface area contributed by atoms with Crippen molar-refractivity contribution in [1.82, 2.24) is 0 Å². The van der Waals surface area contributed by atoms with Crippen molar-refractivity contribution in [2.45, 2.75) is 40.2 Å². The zero-order chi connectivity index (χ0) is 16.1. The van der Waals surface area contributed by atoms with Gasteiger partial charge in [0.05, 0.1) is 0 Å². The third-order valence-corrected chi connectivity index (χ3v) is 3.56. The molecule has 0 atom stereocenters. The van der Waals surface area contributed by atoms with Gasteiger partial charge in [-0.15, -0.1) is 0 Å². The molecule has 4 nitrogen and oxygen atoms in total. The zero-order valence-corrected chi connectivity index (χ0v) is 13.3. The van der Waals surface area contributed by atoms with Crippen molar-refractivity contribution < 1.29 is 14.3 Å². The summed E-state index contributed by atoms with van der Waals surface area (Å²) in [4.78, 5) is 12.0. The SMILES string of the molecule is Cc1ccc(-c2ccc(CO)o2)cc1NC(=O)CCC(C)C. The van der Waals surface area contributed by atoms with Crippen LogP contribution in [0.25, 0.3) is 11.3 Å². The molecule has 0 fully saturated rings. The van der Waals surface area contributed by atoms with Crippen LogP contribution in [-0.4, -0.2) is 11.0 Å². The molecule has 1 aromatic carbocycles. The molecule has 0 aliphatic heterocycles. The fourth-order valence-electron chi connectivity index (χ4n) is 2.16. The standard InChI is InChI=1S/C18H23NO3/c1-12(2)4-9-18(21)19-16-10-14(6-5-13(16)3)17-8-7-15(11-20)22-17/h5-8,10,12,20H,4,9,11H2,1-3H3,(H,19,21). The fraction of sp³-hybridized carbons (Fsp3) is 0.389. The second-order valence-electron chi connectivity index (χ2n) is 5.93. The van der Waals surface area contributed by atoms with Crippen LogP contribution in [-0.2, 0) is 11.4 Å². The van der Waals surface area contributed by atoms with Crippen LogP contribution in [0.3, 0.4) is 0 Å². The van der Waals surface area contributed by atoms with Crippen molar-refractivity contribution in [3.63, 3.8) is 0 Å².